The standard InChI is InChI=1S/C17H16Cl2N4OS/c1-10-13(7-20)17(22-11(2)21-10)25-9-16(24)23(3)8-12-4-5-14(18)15(19)6-12/h4-6H,8-9H2,1-3H3. The molecule has 0 spiro atoms. The molecule has 1 aromatic heterocycles. The molecule has 1 aromatic carbocycles. The van der Waals surface area contributed by atoms with Crippen LogP contribution >= 0.6 is 35.0 Å². The first-order valence-corrected chi connectivity index (χ1v) is 9.12. The first-order valence-electron chi connectivity index (χ1n) is 7.38. The molecule has 2 rings (SSSR count). The van der Waals surface area contributed by atoms with E-state index in [9.17, 15) is 10.1 Å². The van der Waals surface area contributed by atoms with Crippen LogP contribution in [0.3, 0.4) is 0 Å². The van der Waals surface area contributed by atoms with Gasteiger partial charge in [-0.3, -0.25) is 4.79 Å². The number of amides is 1. The molecule has 0 atom stereocenters. The lowest BCUT2D eigenvalue weighted by molar-refractivity contribution is -0.127. The molecule has 0 fully saturated rings. The summed E-state index contributed by atoms with van der Waals surface area (Å²) in [5.74, 6) is 0.687. The summed E-state index contributed by atoms with van der Waals surface area (Å²) in [4.78, 5) is 22.4. The highest BCUT2D eigenvalue weighted by molar-refractivity contribution is 8.00. The molecule has 0 saturated carbocycles. The number of nitriles is 1. The molecule has 0 radical (unpaired) electrons. The van der Waals surface area contributed by atoms with Gasteiger partial charge in [-0.1, -0.05) is 41.0 Å². The zero-order valence-corrected chi connectivity index (χ0v) is 16.3. The van der Waals surface area contributed by atoms with Crippen LogP contribution in [-0.2, 0) is 11.3 Å². The number of aromatic nitrogens is 2. The lowest BCUT2D eigenvalue weighted by atomic mass is 10.2. The van der Waals surface area contributed by atoms with E-state index < -0.39 is 0 Å². The Labute approximate surface area is 161 Å². The van der Waals surface area contributed by atoms with Crippen LogP contribution in [0.2, 0.25) is 10.0 Å². The van der Waals surface area contributed by atoms with Crippen molar-refractivity contribution in [1.82, 2.24) is 14.9 Å². The quantitative estimate of drug-likeness (QED) is 0.565. The van der Waals surface area contributed by atoms with Gasteiger partial charge in [-0.25, -0.2) is 9.97 Å². The van der Waals surface area contributed by atoms with Crippen LogP contribution in [0.25, 0.3) is 0 Å². The summed E-state index contributed by atoms with van der Waals surface area (Å²) in [6.07, 6.45) is 0. The van der Waals surface area contributed by atoms with Crippen LogP contribution in [-0.4, -0.2) is 33.6 Å². The van der Waals surface area contributed by atoms with Crippen molar-refractivity contribution in [2.75, 3.05) is 12.8 Å². The van der Waals surface area contributed by atoms with Crippen LogP contribution in [0.15, 0.2) is 23.2 Å². The molecule has 0 aliphatic carbocycles. The van der Waals surface area contributed by atoms with Crippen molar-refractivity contribution in [3.8, 4) is 6.07 Å². The Morgan fingerprint density at radius 2 is 2.00 bits per heavy atom. The smallest absolute Gasteiger partial charge is 0.233 e. The monoisotopic (exact) mass is 394 g/mol. The van der Waals surface area contributed by atoms with Crippen molar-refractivity contribution >= 4 is 40.9 Å². The van der Waals surface area contributed by atoms with Crippen molar-refractivity contribution < 1.29 is 4.79 Å². The molecule has 1 amide bonds. The number of hydrogen-bond acceptors (Lipinski definition) is 5. The Balaban J connectivity index is 2.02. The van der Waals surface area contributed by atoms with E-state index in [4.69, 9.17) is 23.2 Å². The first-order chi connectivity index (χ1) is 11.8. The lowest BCUT2D eigenvalue weighted by Crippen LogP contribution is -2.27. The normalized spacial score (nSPS) is 10.4. The van der Waals surface area contributed by atoms with Crippen molar-refractivity contribution in [1.29, 1.82) is 5.26 Å². The third-order valence-corrected chi connectivity index (χ3v) is 5.14. The molecular weight excluding hydrogens is 379 g/mol. The summed E-state index contributed by atoms with van der Waals surface area (Å²) in [6, 6.07) is 7.37. The fraction of sp³-hybridized carbons (Fsp3) is 0.294. The van der Waals surface area contributed by atoms with Gasteiger partial charge >= 0.3 is 0 Å². The molecule has 5 nitrogen and oxygen atoms in total. The molecule has 2 aromatic rings. The number of benzene rings is 1. The summed E-state index contributed by atoms with van der Waals surface area (Å²) in [7, 11) is 1.72. The molecular formula is C17H16Cl2N4OS. The molecule has 0 aliphatic heterocycles. The predicted molar refractivity (Wildman–Crippen MR) is 99.9 cm³/mol. The second kappa shape index (κ2) is 8.52. The van der Waals surface area contributed by atoms with Crippen molar-refractivity contribution in [3.05, 3.63) is 50.9 Å². The zero-order chi connectivity index (χ0) is 18.6. The Hall–Kier alpha value is -1.81. The number of hydrogen-bond donors (Lipinski definition) is 0. The Morgan fingerprint density at radius 1 is 1.28 bits per heavy atom. The van der Waals surface area contributed by atoms with E-state index in [1.807, 2.05) is 6.07 Å². The lowest BCUT2D eigenvalue weighted by Gasteiger charge is -2.17. The van der Waals surface area contributed by atoms with Gasteiger partial charge in [0.25, 0.3) is 0 Å². The summed E-state index contributed by atoms with van der Waals surface area (Å²) in [5, 5.41) is 10.7. The Kier molecular flexibility index (Phi) is 6.65. The van der Waals surface area contributed by atoms with Gasteiger partial charge in [0.05, 0.1) is 21.5 Å². The topological polar surface area (TPSA) is 69.9 Å². The van der Waals surface area contributed by atoms with E-state index in [1.165, 1.54) is 11.8 Å². The maximum Gasteiger partial charge on any atom is 0.233 e. The van der Waals surface area contributed by atoms with Gasteiger partial charge in [0.15, 0.2) is 0 Å². The fourth-order valence-corrected chi connectivity index (χ4v) is 3.49. The predicted octanol–water partition coefficient (Wildman–Crippen LogP) is 4.02. The number of carbonyl (C=O) groups is 1. The molecule has 0 bridgehead atoms. The molecule has 8 heteroatoms. The third kappa shape index (κ3) is 5.08. The second-order valence-corrected chi connectivity index (χ2v) is 7.21. The molecule has 1 heterocycles. The summed E-state index contributed by atoms with van der Waals surface area (Å²) < 4.78 is 0. The van der Waals surface area contributed by atoms with E-state index >= 15 is 0 Å². The average Bonchev–Trinajstić information content (AvgIpc) is 2.55. The van der Waals surface area contributed by atoms with Gasteiger partial charge in [0.2, 0.25) is 5.91 Å². The Morgan fingerprint density at radius 3 is 2.64 bits per heavy atom. The Bertz CT molecular complexity index is 851. The number of aryl methyl sites for hydroxylation is 2. The molecule has 0 N–H and O–H groups in total. The van der Waals surface area contributed by atoms with Gasteiger partial charge < -0.3 is 4.90 Å². The van der Waals surface area contributed by atoms with Crippen molar-refractivity contribution in [2.24, 2.45) is 0 Å². The minimum absolute atomic E-state index is 0.0751. The number of thioether (sulfide) groups is 1. The fourth-order valence-electron chi connectivity index (χ4n) is 2.15. The number of halogens is 2. The van der Waals surface area contributed by atoms with E-state index in [1.54, 1.807) is 37.9 Å². The molecule has 0 saturated heterocycles. The summed E-state index contributed by atoms with van der Waals surface area (Å²) >= 11 is 13.1. The summed E-state index contributed by atoms with van der Waals surface area (Å²) in [6.45, 7) is 3.94. The third-order valence-electron chi connectivity index (χ3n) is 3.44. The minimum Gasteiger partial charge on any atom is -0.341 e. The molecule has 130 valence electrons. The van der Waals surface area contributed by atoms with Crippen LogP contribution in [0.5, 0.6) is 0 Å². The van der Waals surface area contributed by atoms with E-state index in [0.717, 1.165) is 5.56 Å². The highest BCUT2D eigenvalue weighted by Crippen LogP contribution is 2.24. The first kappa shape index (κ1) is 19.5. The van der Waals surface area contributed by atoms with Crippen LogP contribution < -0.4 is 0 Å². The van der Waals surface area contributed by atoms with Crippen molar-refractivity contribution in [3.63, 3.8) is 0 Å². The van der Waals surface area contributed by atoms with Gasteiger partial charge in [-0.2, -0.15) is 5.26 Å². The number of nitrogens with zero attached hydrogens (tertiary/aromatic N) is 4. The summed E-state index contributed by atoms with van der Waals surface area (Å²) in [5.41, 5.74) is 1.92. The van der Waals surface area contributed by atoms with E-state index in [0.29, 0.717) is 38.7 Å². The van der Waals surface area contributed by atoms with E-state index in [-0.39, 0.29) is 11.7 Å². The van der Waals surface area contributed by atoms with E-state index in [2.05, 4.69) is 16.0 Å². The average molecular weight is 395 g/mol. The van der Waals surface area contributed by atoms with Gasteiger partial charge in [0.1, 0.15) is 22.5 Å². The molecule has 0 aliphatic rings. The maximum absolute atomic E-state index is 12.4. The van der Waals surface area contributed by atoms with Crippen LogP contribution in [0.1, 0.15) is 22.6 Å². The number of rotatable bonds is 5. The minimum atomic E-state index is -0.0751. The van der Waals surface area contributed by atoms with Crippen LogP contribution in [0.4, 0.5) is 0 Å². The van der Waals surface area contributed by atoms with Gasteiger partial charge in [-0.05, 0) is 31.5 Å². The molecule has 0 unspecified atom stereocenters. The van der Waals surface area contributed by atoms with Crippen LogP contribution in [0, 0.1) is 25.2 Å². The van der Waals surface area contributed by atoms with Gasteiger partial charge in [0, 0.05) is 13.6 Å². The SMILES string of the molecule is Cc1nc(C)c(C#N)c(SCC(=O)N(C)Cc2ccc(Cl)c(Cl)c2)n1. The zero-order valence-electron chi connectivity index (χ0n) is 14.0. The maximum atomic E-state index is 12.4. The number of carbonyl (C=O) groups excluding carboxylic acids is 1. The second-order valence-electron chi connectivity index (χ2n) is 5.44. The molecule has 25 heavy (non-hydrogen) atoms. The highest BCUT2D eigenvalue weighted by Gasteiger charge is 2.15. The van der Waals surface area contributed by atoms with Gasteiger partial charge in [-0.15, -0.1) is 0 Å². The van der Waals surface area contributed by atoms with Crippen molar-refractivity contribution in [2.45, 2.75) is 25.4 Å². The largest absolute Gasteiger partial charge is 0.341 e. The highest BCUT2D eigenvalue weighted by atomic mass is 35.5.